The number of carbonyl (C=O) groups is 2. The lowest BCUT2D eigenvalue weighted by Crippen LogP contribution is -2.23. The number of rotatable bonds is 4. The fourth-order valence-electron chi connectivity index (χ4n) is 2.32. The molecule has 0 saturated carbocycles. The number of H-pyrrole nitrogens is 1. The normalized spacial score (nSPS) is 10.7. The number of hydrogen-bond acceptors (Lipinski definition) is 4. The zero-order valence-electron chi connectivity index (χ0n) is 12.1. The fraction of sp³-hybridized carbons (Fsp3) is 0.0625. The second-order valence-corrected chi connectivity index (χ2v) is 6.39. The van der Waals surface area contributed by atoms with Crippen molar-refractivity contribution in [3.63, 3.8) is 0 Å². The van der Waals surface area contributed by atoms with Crippen LogP contribution in [0.3, 0.4) is 0 Å². The van der Waals surface area contributed by atoms with Gasteiger partial charge in [0.25, 0.3) is 11.5 Å². The average molecular weight is 363 g/mol. The molecule has 0 bridgehead atoms. The number of fused-ring (bicyclic) bond motifs is 1. The molecule has 0 aliphatic carbocycles. The lowest BCUT2D eigenvalue weighted by molar-refractivity contribution is 0.0695. The van der Waals surface area contributed by atoms with Crippen LogP contribution in [0.1, 0.15) is 25.6 Å². The molecule has 1 amide bonds. The minimum Gasteiger partial charge on any atom is -0.477 e. The van der Waals surface area contributed by atoms with Crippen LogP contribution in [0, 0.1) is 0 Å². The number of carboxylic acids is 1. The minimum atomic E-state index is -1.31. The van der Waals surface area contributed by atoms with E-state index in [4.69, 9.17) is 16.7 Å². The van der Waals surface area contributed by atoms with Crippen LogP contribution in [-0.2, 0) is 6.54 Å². The molecule has 0 unspecified atom stereocenters. The van der Waals surface area contributed by atoms with E-state index in [1.165, 1.54) is 17.4 Å². The summed E-state index contributed by atoms with van der Waals surface area (Å²) in [6.07, 6.45) is 0. The van der Waals surface area contributed by atoms with E-state index in [1.807, 2.05) is 0 Å². The van der Waals surface area contributed by atoms with Gasteiger partial charge in [-0.05, 0) is 35.2 Å². The Balaban J connectivity index is 1.98. The van der Waals surface area contributed by atoms with Crippen LogP contribution in [0.15, 0.2) is 40.5 Å². The molecule has 0 atom stereocenters. The van der Waals surface area contributed by atoms with Crippen molar-refractivity contribution in [1.29, 1.82) is 0 Å². The number of pyridine rings is 1. The molecule has 3 aromatic rings. The smallest absolute Gasteiger partial charge is 0.341 e. The van der Waals surface area contributed by atoms with Crippen LogP contribution >= 0.6 is 22.9 Å². The molecule has 0 radical (unpaired) electrons. The van der Waals surface area contributed by atoms with Gasteiger partial charge < -0.3 is 15.4 Å². The Bertz CT molecular complexity index is 995. The van der Waals surface area contributed by atoms with E-state index < -0.39 is 11.5 Å². The molecule has 24 heavy (non-hydrogen) atoms. The van der Waals surface area contributed by atoms with Crippen LogP contribution in [0.2, 0.25) is 5.02 Å². The molecular formula is C16H11ClN2O4S. The standard InChI is InChI=1S/C16H11ClN2O4S/c17-10-4-8-6-11(16(22)23)14(20)19-13(8)9(5-10)7-18-15(21)12-2-1-3-24-12/h1-6H,7H2,(H,18,21)(H,19,20)(H,22,23). The molecular weight excluding hydrogens is 352 g/mol. The highest BCUT2D eigenvalue weighted by Crippen LogP contribution is 2.22. The van der Waals surface area contributed by atoms with Crippen molar-refractivity contribution >= 4 is 45.7 Å². The largest absolute Gasteiger partial charge is 0.477 e. The Kier molecular flexibility index (Phi) is 4.37. The lowest BCUT2D eigenvalue weighted by Gasteiger charge is -2.09. The van der Waals surface area contributed by atoms with Gasteiger partial charge in [0.2, 0.25) is 0 Å². The predicted octanol–water partition coefficient (Wildman–Crippen LogP) is 2.87. The third kappa shape index (κ3) is 3.17. The Labute approximate surface area is 144 Å². The van der Waals surface area contributed by atoms with E-state index in [9.17, 15) is 14.4 Å². The van der Waals surface area contributed by atoms with E-state index in [1.54, 1.807) is 29.6 Å². The maximum atomic E-state index is 12.0. The summed E-state index contributed by atoms with van der Waals surface area (Å²) in [5, 5.41) is 14.5. The summed E-state index contributed by atoms with van der Waals surface area (Å²) in [5.41, 5.74) is -0.0289. The van der Waals surface area contributed by atoms with Crippen molar-refractivity contribution in [3.05, 3.63) is 67.1 Å². The van der Waals surface area contributed by atoms with Gasteiger partial charge in [0.1, 0.15) is 5.56 Å². The van der Waals surface area contributed by atoms with Gasteiger partial charge in [0, 0.05) is 17.0 Å². The average Bonchev–Trinajstić information content (AvgIpc) is 3.06. The molecule has 6 nitrogen and oxygen atoms in total. The summed E-state index contributed by atoms with van der Waals surface area (Å²) in [5.74, 6) is -1.55. The highest BCUT2D eigenvalue weighted by molar-refractivity contribution is 7.12. The van der Waals surface area contributed by atoms with Gasteiger partial charge in [-0.3, -0.25) is 9.59 Å². The molecule has 0 aliphatic heterocycles. The first-order chi connectivity index (χ1) is 11.5. The highest BCUT2D eigenvalue weighted by atomic mass is 35.5. The number of aromatic carboxylic acids is 1. The van der Waals surface area contributed by atoms with E-state index >= 15 is 0 Å². The van der Waals surface area contributed by atoms with Gasteiger partial charge in [-0.25, -0.2) is 4.79 Å². The molecule has 0 fully saturated rings. The fourth-order valence-corrected chi connectivity index (χ4v) is 3.21. The third-order valence-corrected chi connectivity index (χ3v) is 4.50. The number of thiophene rings is 1. The van der Waals surface area contributed by atoms with E-state index in [0.717, 1.165) is 0 Å². The van der Waals surface area contributed by atoms with Crippen molar-refractivity contribution in [2.75, 3.05) is 0 Å². The first-order valence-corrected chi connectivity index (χ1v) is 8.12. The zero-order valence-corrected chi connectivity index (χ0v) is 13.7. The maximum Gasteiger partial charge on any atom is 0.341 e. The molecule has 0 spiro atoms. The Morgan fingerprint density at radius 3 is 2.75 bits per heavy atom. The van der Waals surface area contributed by atoms with Gasteiger partial charge in [-0.1, -0.05) is 17.7 Å². The number of amides is 1. The minimum absolute atomic E-state index is 0.149. The molecule has 1 aromatic carbocycles. The Hall–Kier alpha value is -2.64. The summed E-state index contributed by atoms with van der Waals surface area (Å²) in [6.45, 7) is 0.149. The first kappa shape index (κ1) is 16.2. The predicted molar refractivity (Wildman–Crippen MR) is 92.0 cm³/mol. The van der Waals surface area contributed by atoms with Crippen LogP contribution in [0.25, 0.3) is 10.9 Å². The van der Waals surface area contributed by atoms with E-state index in [-0.39, 0.29) is 18.0 Å². The summed E-state index contributed by atoms with van der Waals surface area (Å²) >= 11 is 7.38. The molecule has 3 rings (SSSR count). The van der Waals surface area contributed by atoms with Crippen molar-refractivity contribution < 1.29 is 14.7 Å². The summed E-state index contributed by atoms with van der Waals surface area (Å²) < 4.78 is 0. The number of nitrogens with one attached hydrogen (secondary N) is 2. The number of carboxylic acid groups (broad SMARTS) is 1. The van der Waals surface area contributed by atoms with Crippen LogP contribution < -0.4 is 10.9 Å². The number of aromatic nitrogens is 1. The summed E-state index contributed by atoms with van der Waals surface area (Å²) in [4.78, 5) is 38.1. The van der Waals surface area contributed by atoms with Crippen molar-refractivity contribution in [2.45, 2.75) is 6.54 Å². The number of benzene rings is 1. The van der Waals surface area contributed by atoms with E-state index in [0.29, 0.717) is 26.4 Å². The molecule has 0 saturated heterocycles. The zero-order chi connectivity index (χ0) is 17.3. The lowest BCUT2D eigenvalue weighted by atomic mass is 10.1. The number of halogens is 1. The quantitative estimate of drug-likeness (QED) is 0.664. The molecule has 2 heterocycles. The maximum absolute atomic E-state index is 12.0. The second kappa shape index (κ2) is 6.46. The monoisotopic (exact) mass is 362 g/mol. The molecule has 8 heteroatoms. The topological polar surface area (TPSA) is 99.3 Å². The Morgan fingerprint density at radius 2 is 2.08 bits per heavy atom. The highest BCUT2D eigenvalue weighted by Gasteiger charge is 2.14. The number of aromatic amines is 1. The molecule has 3 N–H and O–H groups in total. The van der Waals surface area contributed by atoms with Crippen molar-refractivity contribution in [2.24, 2.45) is 0 Å². The van der Waals surface area contributed by atoms with Gasteiger partial charge >= 0.3 is 5.97 Å². The first-order valence-electron chi connectivity index (χ1n) is 6.86. The van der Waals surface area contributed by atoms with Crippen LogP contribution in [0.4, 0.5) is 0 Å². The molecule has 122 valence electrons. The summed E-state index contributed by atoms with van der Waals surface area (Å²) in [6, 6.07) is 7.93. The van der Waals surface area contributed by atoms with E-state index in [2.05, 4.69) is 10.3 Å². The molecule has 2 aromatic heterocycles. The van der Waals surface area contributed by atoms with Crippen LogP contribution in [0.5, 0.6) is 0 Å². The SMILES string of the molecule is O=C(NCc1cc(Cl)cc2cc(C(=O)O)c(=O)[nH]c12)c1cccs1. The van der Waals surface area contributed by atoms with Gasteiger partial charge in [-0.15, -0.1) is 11.3 Å². The number of hydrogen-bond donors (Lipinski definition) is 3. The number of carbonyl (C=O) groups excluding carboxylic acids is 1. The second-order valence-electron chi connectivity index (χ2n) is 5.01. The third-order valence-electron chi connectivity index (χ3n) is 3.41. The van der Waals surface area contributed by atoms with Gasteiger partial charge in [0.15, 0.2) is 0 Å². The Morgan fingerprint density at radius 1 is 1.29 bits per heavy atom. The van der Waals surface area contributed by atoms with Crippen LogP contribution in [-0.4, -0.2) is 22.0 Å². The van der Waals surface area contributed by atoms with Crippen molar-refractivity contribution in [1.82, 2.24) is 10.3 Å². The molecule has 0 aliphatic rings. The summed E-state index contributed by atoms with van der Waals surface area (Å²) in [7, 11) is 0. The van der Waals surface area contributed by atoms with Gasteiger partial charge in [-0.2, -0.15) is 0 Å². The van der Waals surface area contributed by atoms with Gasteiger partial charge in [0.05, 0.1) is 10.4 Å². The van der Waals surface area contributed by atoms with Crippen molar-refractivity contribution in [3.8, 4) is 0 Å².